The molecule has 1 saturated carbocycles. The van der Waals surface area contributed by atoms with Crippen LogP contribution in [0.1, 0.15) is 51.4 Å². The fourth-order valence-electron chi connectivity index (χ4n) is 3.18. The summed E-state index contributed by atoms with van der Waals surface area (Å²) in [6.07, 6.45) is 8.56. The Labute approximate surface area is 114 Å². The molecule has 19 heavy (non-hydrogen) atoms. The van der Waals surface area contributed by atoms with Crippen LogP contribution in [-0.2, 0) is 9.59 Å². The molecule has 1 aliphatic carbocycles. The fourth-order valence-corrected chi connectivity index (χ4v) is 3.18. The molecule has 0 aromatic heterocycles. The SMILES string of the molecule is O=C(CN1CCC[C@H]1C(=O)O)NC1CCCCCC1. The van der Waals surface area contributed by atoms with E-state index in [9.17, 15) is 9.59 Å². The van der Waals surface area contributed by atoms with Crippen molar-refractivity contribution >= 4 is 11.9 Å². The van der Waals surface area contributed by atoms with Crippen molar-refractivity contribution in [3.63, 3.8) is 0 Å². The van der Waals surface area contributed by atoms with Crippen LogP contribution in [0.5, 0.6) is 0 Å². The Hall–Kier alpha value is -1.10. The first-order valence-electron chi connectivity index (χ1n) is 7.43. The second-order valence-corrected chi connectivity index (χ2v) is 5.72. The van der Waals surface area contributed by atoms with E-state index in [2.05, 4.69) is 5.32 Å². The number of carboxylic acid groups (broad SMARTS) is 1. The Kier molecular flexibility index (Phi) is 5.19. The normalized spacial score (nSPS) is 26.0. The minimum Gasteiger partial charge on any atom is -0.480 e. The smallest absolute Gasteiger partial charge is 0.320 e. The average molecular weight is 268 g/mol. The zero-order valence-corrected chi connectivity index (χ0v) is 11.4. The molecule has 1 amide bonds. The highest BCUT2D eigenvalue weighted by Crippen LogP contribution is 2.18. The molecule has 2 N–H and O–H groups in total. The molecule has 0 bridgehead atoms. The van der Waals surface area contributed by atoms with E-state index in [4.69, 9.17) is 5.11 Å². The number of aliphatic carboxylic acids is 1. The average Bonchev–Trinajstić information content (AvgIpc) is 2.66. The molecule has 0 radical (unpaired) electrons. The molecule has 0 unspecified atom stereocenters. The molecular formula is C14H24N2O3. The van der Waals surface area contributed by atoms with Gasteiger partial charge in [0.15, 0.2) is 0 Å². The van der Waals surface area contributed by atoms with Crippen LogP contribution in [0.4, 0.5) is 0 Å². The number of hydrogen-bond donors (Lipinski definition) is 2. The van der Waals surface area contributed by atoms with Gasteiger partial charge in [-0.1, -0.05) is 25.7 Å². The van der Waals surface area contributed by atoms with Gasteiger partial charge in [-0.3, -0.25) is 14.5 Å². The van der Waals surface area contributed by atoms with Crippen LogP contribution in [0.2, 0.25) is 0 Å². The van der Waals surface area contributed by atoms with Crippen LogP contribution < -0.4 is 5.32 Å². The largest absolute Gasteiger partial charge is 0.480 e. The lowest BCUT2D eigenvalue weighted by Crippen LogP contribution is -2.45. The maximum absolute atomic E-state index is 12.0. The maximum Gasteiger partial charge on any atom is 0.320 e. The van der Waals surface area contributed by atoms with Crippen molar-refractivity contribution in [2.45, 2.75) is 63.5 Å². The van der Waals surface area contributed by atoms with E-state index in [-0.39, 0.29) is 12.5 Å². The summed E-state index contributed by atoms with van der Waals surface area (Å²) in [5.41, 5.74) is 0. The van der Waals surface area contributed by atoms with Crippen LogP contribution in [0.25, 0.3) is 0 Å². The predicted molar refractivity (Wildman–Crippen MR) is 71.9 cm³/mol. The minimum absolute atomic E-state index is 0.0138. The van der Waals surface area contributed by atoms with Crippen molar-refractivity contribution in [2.24, 2.45) is 0 Å². The summed E-state index contributed by atoms with van der Waals surface area (Å²) in [7, 11) is 0. The van der Waals surface area contributed by atoms with Gasteiger partial charge in [0.1, 0.15) is 6.04 Å². The van der Waals surface area contributed by atoms with Gasteiger partial charge in [-0.25, -0.2) is 0 Å². The zero-order valence-electron chi connectivity index (χ0n) is 11.4. The Morgan fingerprint density at radius 3 is 2.37 bits per heavy atom. The van der Waals surface area contributed by atoms with Gasteiger partial charge >= 0.3 is 5.97 Å². The second kappa shape index (κ2) is 6.89. The lowest BCUT2D eigenvalue weighted by atomic mass is 10.1. The Morgan fingerprint density at radius 1 is 1.05 bits per heavy atom. The van der Waals surface area contributed by atoms with Crippen LogP contribution in [0.3, 0.4) is 0 Å². The van der Waals surface area contributed by atoms with E-state index in [1.807, 2.05) is 0 Å². The van der Waals surface area contributed by atoms with Crippen molar-refractivity contribution in [3.8, 4) is 0 Å². The number of hydrogen-bond acceptors (Lipinski definition) is 3. The third kappa shape index (κ3) is 4.20. The fraction of sp³-hybridized carbons (Fsp3) is 0.857. The molecule has 1 aliphatic heterocycles. The summed E-state index contributed by atoms with van der Waals surface area (Å²) < 4.78 is 0. The molecule has 2 aliphatic rings. The summed E-state index contributed by atoms with van der Waals surface area (Å²) in [6.45, 7) is 0.947. The predicted octanol–water partition coefficient (Wildman–Crippen LogP) is 1.37. The van der Waals surface area contributed by atoms with E-state index in [0.29, 0.717) is 12.5 Å². The van der Waals surface area contributed by atoms with Crippen molar-refractivity contribution in [3.05, 3.63) is 0 Å². The maximum atomic E-state index is 12.0. The van der Waals surface area contributed by atoms with E-state index in [0.717, 1.165) is 25.8 Å². The summed E-state index contributed by atoms with van der Waals surface area (Å²) >= 11 is 0. The van der Waals surface area contributed by atoms with E-state index >= 15 is 0 Å². The third-order valence-corrected chi connectivity index (χ3v) is 4.22. The quantitative estimate of drug-likeness (QED) is 0.756. The highest BCUT2D eigenvalue weighted by Gasteiger charge is 2.31. The van der Waals surface area contributed by atoms with Crippen LogP contribution in [0.15, 0.2) is 0 Å². The Morgan fingerprint density at radius 2 is 1.74 bits per heavy atom. The number of nitrogens with one attached hydrogen (secondary N) is 1. The van der Waals surface area contributed by atoms with Crippen molar-refractivity contribution in [1.29, 1.82) is 0 Å². The first-order valence-corrected chi connectivity index (χ1v) is 7.43. The molecular weight excluding hydrogens is 244 g/mol. The molecule has 1 saturated heterocycles. The lowest BCUT2D eigenvalue weighted by molar-refractivity contribution is -0.142. The molecule has 0 aromatic carbocycles. The first-order chi connectivity index (χ1) is 9.16. The van der Waals surface area contributed by atoms with Crippen LogP contribution >= 0.6 is 0 Å². The van der Waals surface area contributed by atoms with E-state index in [1.54, 1.807) is 4.90 Å². The number of carboxylic acids is 1. The van der Waals surface area contributed by atoms with Gasteiger partial charge in [0.05, 0.1) is 6.54 Å². The topological polar surface area (TPSA) is 69.6 Å². The lowest BCUT2D eigenvalue weighted by Gasteiger charge is -2.22. The molecule has 2 rings (SSSR count). The summed E-state index contributed by atoms with van der Waals surface area (Å²) in [6, 6.07) is -0.180. The highest BCUT2D eigenvalue weighted by atomic mass is 16.4. The van der Waals surface area contributed by atoms with Gasteiger partial charge < -0.3 is 10.4 Å². The highest BCUT2D eigenvalue weighted by molar-refractivity contribution is 5.80. The number of rotatable bonds is 4. The van der Waals surface area contributed by atoms with Gasteiger partial charge in [-0.15, -0.1) is 0 Å². The van der Waals surface area contributed by atoms with Gasteiger partial charge in [0.2, 0.25) is 5.91 Å². The molecule has 0 spiro atoms. The van der Waals surface area contributed by atoms with Gasteiger partial charge in [-0.05, 0) is 32.2 Å². The molecule has 5 nitrogen and oxygen atoms in total. The number of likely N-dealkylation sites (tertiary alicyclic amines) is 1. The molecule has 108 valence electrons. The van der Waals surface area contributed by atoms with Crippen molar-refractivity contribution in [1.82, 2.24) is 10.2 Å². The number of nitrogens with zero attached hydrogens (tertiary/aromatic N) is 1. The van der Waals surface area contributed by atoms with Gasteiger partial charge in [0, 0.05) is 6.04 Å². The second-order valence-electron chi connectivity index (χ2n) is 5.72. The van der Waals surface area contributed by atoms with Gasteiger partial charge in [-0.2, -0.15) is 0 Å². The number of carbonyl (C=O) groups excluding carboxylic acids is 1. The minimum atomic E-state index is -0.806. The van der Waals surface area contributed by atoms with Gasteiger partial charge in [0.25, 0.3) is 0 Å². The number of amides is 1. The first kappa shape index (κ1) is 14.3. The third-order valence-electron chi connectivity index (χ3n) is 4.22. The molecule has 0 aromatic rings. The number of carbonyl (C=O) groups is 2. The van der Waals surface area contributed by atoms with E-state index in [1.165, 1.54) is 25.7 Å². The summed E-state index contributed by atoms with van der Waals surface area (Å²) in [5, 5.41) is 12.2. The van der Waals surface area contributed by atoms with Crippen molar-refractivity contribution < 1.29 is 14.7 Å². The Balaban J connectivity index is 1.78. The summed E-state index contributed by atoms with van der Waals surface area (Å²) in [4.78, 5) is 24.8. The van der Waals surface area contributed by atoms with Crippen LogP contribution in [0, 0.1) is 0 Å². The summed E-state index contributed by atoms with van der Waals surface area (Å²) in [5.74, 6) is -0.820. The van der Waals surface area contributed by atoms with Crippen LogP contribution in [-0.4, -0.2) is 47.1 Å². The Bertz CT molecular complexity index is 325. The standard InChI is InChI=1S/C14H24N2O3/c17-13(15-11-6-3-1-2-4-7-11)10-16-9-5-8-12(16)14(18)19/h11-12H,1-10H2,(H,15,17)(H,18,19)/t12-/m0/s1. The van der Waals surface area contributed by atoms with E-state index < -0.39 is 12.0 Å². The molecule has 1 atom stereocenters. The zero-order chi connectivity index (χ0) is 13.7. The molecule has 5 heteroatoms. The van der Waals surface area contributed by atoms with Crippen molar-refractivity contribution in [2.75, 3.05) is 13.1 Å². The monoisotopic (exact) mass is 268 g/mol. The molecule has 1 heterocycles. The molecule has 2 fully saturated rings.